The smallest absolute Gasteiger partial charge is 0.116 e. The number of nitrogens with two attached hydrogens (primary N) is 1. The van der Waals surface area contributed by atoms with Gasteiger partial charge in [0.25, 0.3) is 0 Å². The molecule has 0 saturated carbocycles. The van der Waals surface area contributed by atoms with Crippen LogP contribution in [-0.2, 0) is 6.54 Å². The minimum atomic E-state index is 0.260. The molecule has 2 aromatic rings. The van der Waals surface area contributed by atoms with Crippen molar-refractivity contribution in [3.05, 3.63) is 28.4 Å². The highest BCUT2D eigenvalue weighted by atomic mass is 79.9. The Balaban J connectivity index is 2.77. The van der Waals surface area contributed by atoms with Crippen LogP contribution in [0, 0.1) is 0 Å². The zero-order valence-electron chi connectivity index (χ0n) is 6.84. The summed E-state index contributed by atoms with van der Waals surface area (Å²) in [5.74, 6) is 0.260. The molecule has 0 aliphatic carbocycles. The minimum absolute atomic E-state index is 0.260. The Bertz CT molecular complexity index is 450. The Labute approximate surface area is 83.7 Å². The SMILES string of the molecule is NCc1[nH]c2ccc(O)cc2c1Br. The average Bonchev–Trinajstić information content (AvgIpc) is 2.44. The van der Waals surface area contributed by atoms with Crippen molar-refractivity contribution >= 4 is 26.8 Å². The van der Waals surface area contributed by atoms with Gasteiger partial charge in [-0.05, 0) is 34.1 Å². The Hall–Kier alpha value is -1.00. The number of nitrogens with one attached hydrogen (secondary N) is 1. The monoisotopic (exact) mass is 240 g/mol. The normalized spacial score (nSPS) is 10.9. The van der Waals surface area contributed by atoms with E-state index in [4.69, 9.17) is 5.73 Å². The maximum absolute atomic E-state index is 9.27. The molecule has 0 fully saturated rings. The molecule has 0 atom stereocenters. The number of hydrogen-bond acceptors (Lipinski definition) is 2. The van der Waals surface area contributed by atoms with Crippen LogP contribution >= 0.6 is 15.9 Å². The number of halogens is 1. The van der Waals surface area contributed by atoms with Crippen molar-refractivity contribution in [1.29, 1.82) is 0 Å². The summed E-state index contributed by atoms with van der Waals surface area (Å²) in [4.78, 5) is 3.16. The number of phenolic OH excluding ortho intramolecular Hbond substituents is 1. The Morgan fingerprint density at radius 3 is 2.92 bits per heavy atom. The Morgan fingerprint density at radius 1 is 1.46 bits per heavy atom. The molecule has 0 spiro atoms. The van der Waals surface area contributed by atoms with Crippen LogP contribution in [0.3, 0.4) is 0 Å². The number of aromatic hydroxyl groups is 1. The third-order valence-corrected chi connectivity index (χ3v) is 2.90. The van der Waals surface area contributed by atoms with Gasteiger partial charge >= 0.3 is 0 Å². The van der Waals surface area contributed by atoms with Gasteiger partial charge in [0.1, 0.15) is 5.75 Å². The molecule has 4 N–H and O–H groups in total. The molecule has 0 aliphatic rings. The van der Waals surface area contributed by atoms with Gasteiger partial charge in [0, 0.05) is 27.6 Å². The maximum atomic E-state index is 9.27. The molecular formula is C9H9BrN2O. The number of rotatable bonds is 1. The minimum Gasteiger partial charge on any atom is -0.508 e. The summed E-state index contributed by atoms with van der Waals surface area (Å²) in [6.45, 7) is 0.454. The number of aromatic nitrogens is 1. The van der Waals surface area contributed by atoms with Gasteiger partial charge in [0.05, 0.1) is 0 Å². The molecular weight excluding hydrogens is 232 g/mol. The molecule has 0 aliphatic heterocycles. The first-order valence-corrected chi connectivity index (χ1v) is 4.71. The van der Waals surface area contributed by atoms with Gasteiger partial charge in [-0.2, -0.15) is 0 Å². The lowest BCUT2D eigenvalue weighted by atomic mass is 10.2. The second-order valence-electron chi connectivity index (χ2n) is 2.85. The highest BCUT2D eigenvalue weighted by Crippen LogP contribution is 2.29. The standard InChI is InChI=1S/C9H9BrN2O/c10-9-6-3-5(13)1-2-7(6)12-8(9)4-11/h1-3,12-13H,4,11H2. The number of fused-ring (bicyclic) bond motifs is 1. The molecule has 2 rings (SSSR count). The molecule has 3 nitrogen and oxygen atoms in total. The maximum Gasteiger partial charge on any atom is 0.116 e. The number of H-pyrrole nitrogens is 1. The molecule has 1 heterocycles. The van der Waals surface area contributed by atoms with Crippen molar-refractivity contribution in [2.45, 2.75) is 6.54 Å². The fraction of sp³-hybridized carbons (Fsp3) is 0.111. The summed E-state index contributed by atoms with van der Waals surface area (Å²) < 4.78 is 0.931. The molecule has 4 heteroatoms. The highest BCUT2D eigenvalue weighted by molar-refractivity contribution is 9.10. The van der Waals surface area contributed by atoms with Crippen LogP contribution in [-0.4, -0.2) is 10.1 Å². The van der Waals surface area contributed by atoms with E-state index in [2.05, 4.69) is 20.9 Å². The van der Waals surface area contributed by atoms with Crippen molar-refractivity contribution < 1.29 is 5.11 Å². The van der Waals surface area contributed by atoms with Crippen LogP contribution in [0.25, 0.3) is 10.9 Å². The first-order valence-electron chi connectivity index (χ1n) is 3.91. The third-order valence-electron chi connectivity index (χ3n) is 1.99. The van der Waals surface area contributed by atoms with Gasteiger partial charge in [0.2, 0.25) is 0 Å². The van der Waals surface area contributed by atoms with Gasteiger partial charge in [-0.25, -0.2) is 0 Å². The van der Waals surface area contributed by atoms with Crippen LogP contribution < -0.4 is 5.73 Å². The average molecular weight is 241 g/mol. The van der Waals surface area contributed by atoms with Gasteiger partial charge in [-0.15, -0.1) is 0 Å². The van der Waals surface area contributed by atoms with Crippen molar-refractivity contribution in [2.75, 3.05) is 0 Å². The number of hydrogen-bond donors (Lipinski definition) is 3. The van der Waals surface area contributed by atoms with Crippen LogP contribution in [0.1, 0.15) is 5.69 Å². The lowest BCUT2D eigenvalue weighted by Crippen LogP contribution is -1.96. The summed E-state index contributed by atoms with van der Waals surface area (Å²) in [6.07, 6.45) is 0. The van der Waals surface area contributed by atoms with Crippen molar-refractivity contribution in [3.8, 4) is 5.75 Å². The largest absolute Gasteiger partial charge is 0.508 e. The van der Waals surface area contributed by atoms with Crippen molar-refractivity contribution in [3.63, 3.8) is 0 Å². The van der Waals surface area contributed by atoms with E-state index in [-0.39, 0.29) is 5.75 Å². The quantitative estimate of drug-likeness (QED) is 0.715. The zero-order chi connectivity index (χ0) is 9.42. The molecule has 1 aromatic heterocycles. The van der Waals surface area contributed by atoms with E-state index in [0.29, 0.717) is 6.54 Å². The summed E-state index contributed by atoms with van der Waals surface area (Å²) in [5, 5.41) is 10.2. The molecule has 13 heavy (non-hydrogen) atoms. The van der Waals surface area contributed by atoms with E-state index in [1.165, 1.54) is 0 Å². The van der Waals surface area contributed by atoms with E-state index >= 15 is 0 Å². The van der Waals surface area contributed by atoms with Crippen LogP contribution in [0.4, 0.5) is 0 Å². The van der Waals surface area contributed by atoms with E-state index in [0.717, 1.165) is 21.1 Å². The lowest BCUT2D eigenvalue weighted by molar-refractivity contribution is 0.476. The molecule has 0 saturated heterocycles. The fourth-order valence-electron chi connectivity index (χ4n) is 1.34. The van der Waals surface area contributed by atoms with E-state index in [1.807, 2.05) is 6.07 Å². The zero-order valence-corrected chi connectivity index (χ0v) is 8.43. The molecule has 0 amide bonds. The van der Waals surface area contributed by atoms with Crippen LogP contribution in [0.5, 0.6) is 5.75 Å². The predicted molar refractivity (Wildman–Crippen MR) is 55.6 cm³/mol. The first kappa shape index (κ1) is 8.59. The topological polar surface area (TPSA) is 62.0 Å². The third kappa shape index (κ3) is 1.32. The molecule has 68 valence electrons. The van der Waals surface area contributed by atoms with Gasteiger partial charge in [-0.3, -0.25) is 0 Å². The molecule has 0 unspecified atom stereocenters. The summed E-state index contributed by atoms with van der Waals surface area (Å²) in [6, 6.07) is 5.18. The molecule has 0 radical (unpaired) electrons. The van der Waals surface area contributed by atoms with E-state index in [1.54, 1.807) is 12.1 Å². The van der Waals surface area contributed by atoms with Crippen LogP contribution in [0.2, 0.25) is 0 Å². The number of aromatic amines is 1. The van der Waals surface area contributed by atoms with Crippen molar-refractivity contribution in [1.82, 2.24) is 4.98 Å². The van der Waals surface area contributed by atoms with Crippen LogP contribution in [0.15, 0.2) is 22.7 Å². The van der Waals surface area contributed by atoms with E-state index < -0.39 is 0 Å². The summed E-state index contributed by atoms with van der Waals surface area (Å²) >= 11 is 3.42. The Kier molecular flexibility index (Phi) is 2.01. The fourth-order valence-corrected chi connectivity index (χ4v) is 1.93. The second-order valence-corrected chi connectivity index (χ2v) is 3.64. The summed E-state index contributed by atoms with van der Waals surface area (Å²) in [5.41, 5.74) is 7.45. The Morgan fingerprint density at radius 2 is 2.23 bits per heavy atom. The van der Waals surface area contributed by atoms with Gasteiger partial charge in [0.15, 0.2) is 0 Å². The predicted octanol–water partition coefficient (Wildman–Crippen LogP) is 2.09. The second kappa shape index (κ2) is 3.05. The summed E-state index contributed by atoms with van der Waals surface area (Å²) in [7, 11) is 0. The van der Waals surface area contributed by atoms with E-state index in [9.17, 15) is 5.11 Å². The molecule has 1 aromatic carbocycles. The van der Waals surface area contributed by atoms with Crippen molar-refractivity contribution in [2.24, 2.45) is 5.73 Å². The first-order chi connectivity index (χ1) is 6.22. The molecule has 0 bridgehead atoms. The van der Waals surface area contributed by atoms with Gasteiger partial charge in [-0.1, -0.05) is 0 Å². The lowest BCUT2D eigenvalue weighted by Gasteiger charge is -1.92. The number of phenols is 1. The number of benzene rings is 1. The van der Waals surface area contributed by atoms with Gasteiger partial charge < -0.3 is 15.8 Å². The highest BCUT2D eigenvalue weighted by Gasteiger charge is 2.07.